The molecule has 2 aliphatic rings. The number of anilines is 1. The van der Waals surface area contributed by atoms with Crippen molar-refractivity contribution in [3.05, 3.63) is 106 Å². The van der Waals surface area contributed by atoms with Crippen LogP contribution < -0.4 is 9.64 Å². The van der Waals surface area contributed by atoms with Crippen molar-refractivity contribution in [1.82, 2.24) is 9.80 Å². The number of rotatable bonds is 8. The van der Waals surface area contributed by atoms with Crippen LogP contribution in [0.3, 0.4) is 0 Å². The van der Waals surface area contributed by atoms with E-state index in [0.29, 0.717) is 48.6 Å². The van der Waals surface area contributed by atoms with Crippen LogP contribution in [0.4, 0.5) is 18.9 Å². The third-order valence-corrected chi connectivity index (χ3v) is 8.47. The number of halogens is 3. The Morgan fingerprint density at radius 3 is 2.28 bits per heavy atom. The van der Waals surface area contributed by atoms with Gasteiger partial charge in [0.1, 0.15) is 5.75 Å². The second-order valence-electron chi connectivity index (χ2n) is 11.2. The van der Waals surface area contributed by atoms with Crippen LogP contribution >= 0.6 is 0 Å². The number of carbonyl (C=O) groups excluding carboxylic acids is 3. The van der Waals surface area contributed by atoms with Crippen molar-refractivity contribution in [2.75, 3.05) is 44.8 Å². The molecule has 3 aromatic carbocycles. The van der Waals surface area contributed by atoms with Crippen LogP contribution in [0.2, 0.25) is 0 Å². The van der Waals surface area contributed by atoms with Gasteiger partial charge in [-0.1, -0.05) is 36.4 Å². The van der Waals surface area contributed by atoms with Gasteiger partial charge < -0.3 is 24.2 Å². The van der Waals surface area contributed by atoms with Crippen molar-refractivity contribution in [2.24, 2.45) is 0 Å². The van der Waals surface area contributed by atoms with Crippen molar-refractivity contribution in [2.45, 2.75) is 38.9 Å². The monoisotopic (exact) mass is 635 g/mol. The molecule has 1 unspecified atom stereocenters. The number of benzene rings is 3. The van der Waals surface area contributed by atoms with E-state index < -0.39 is 23.6 Å². The maximum absolute atomic E-state index is 13.5. The third-order valence-electron chi connectivity index (χ3n) is 8.47. The van der Waals surface area contributed by atoms with Crippen LogP contribution in [0.25, 0.3) is 0 Å². The number of para-hydroxylation sites is 2. The molecular weight excluding hydrogens is 599 g/mol. The third kappa shape index (κ3) is 6.88. The van der Waals surface area contributed by atoms with Crippen molar-refractivity contribution in [1.29, 1.82) is 0 Å². The zero-order valence-corrected chi connectivity index (χ0v) is 26.0. The molecule has 0 aliphatic carbocycles. The number of carbonyl (C=O) groups is 3. The van der Waals surface area contributed by atoms with Crippen LogP contribution in [0.5, 0.6) is 5.75 Å². The SMILES string of the molecule is CCOC(=O)C1=C(C)N(Cc2cccc(C(=O)N3CCN(c4ccccc4OC)CC3)c2)C(=O)CC1c1ccc(C(F)(F)F)cc1. The van der Waals surface area contributed by atoms with Gasteiger partial charge in [-0.3, -0.25) is 9.59 Å². The predicted molar refractivity (Wildman–Crippen MR) is 166 cm³/mol. The molecule has 2 amide bonds. The Kier molecular flexibility index (Phi) is 9.69. The Labute approximate surface area is 266 Å². The van der Waals surface area contributed by atoms with Gasteiger partial charge in [0.2, 0.25) is 5.91 Å². The molecule has 11 heteroatoms. The molecule has 0 aromatic heterocycles. The number of hydrogen-bond donors (Lipinski definition) is 0. The Hall–Kier alpha value is -4.80. The normalized spacial score (nSPS) is 17.3. The summed E-state index contributed by atoms with van der Waals surface area (Å²) in [6.45, 7) is 5.86. The quantitative estimate of drug-likeness (QED) is 0.282. The molecule has 2 aliphatic heterocycles. The van der Waals surface area contributed by atoms with Gasteiger partial charge in [0, 0.05) is 49.8 Å². The second kappa shape index (κ2) is 13.7. The number of esters is 1. The lowest BCUT2D eigenvalue weighted by Gasteiger charge is -2.36. The van der Waals surface area contributed by atoms with E-state index in [4.69, 9.17) is 9.47 Å². The first-order chi connectivity index (χ1) is 22.0. The van der Waals surface area contributed by atoms with Gasteiger partial charge in [-0.25, -0.2) is 4.79 Å². The van der Waals surface area contributed by atoms with Crippen molar-refractivity contribution < 1.29 is 37.0 Å². The summed E-state index contributed by atoms with van der Waals surface area (Å²) in [6, 6.07) is 19.3. The summed E-state index contributed by atoms with van der Waals surface area (Å²) in [5, 5.41) is 0. The number of allylic oxidation sites excluding steroid dienone is 1. The van der Waals surface area contributed by atoms with Crippen molar-refractivity contribution in [3.8, 4) is 5.75 Å². The Morgan fingerprint density at radius 1 is 0.935 bits per heavy atom. The van der Waals surface area contributed by atoms with E-state index in [0.717, 1.165) is 23.6 Å². The van der Waals surface area contributed by atoms with E-state index in [1.165, 1.54) is 17.0 Å². The maximum atomic E-state index is 13.5. The molecule has 46 heavy (non-hydrogen) atoms. The molecule has 1 fully saturated rings. The molecule has 5 rings (SSSR count). The van der Waals surface area contributed by atoms with E-state index in [-0.39, 0.29) is 37.0 Å². The highest BCUT2D eigenvalue weighted by Gasteiger charge is 2.38. The van der Waals surface area contributed by atoms with Gasteiger partial charge in [0.25, 0.3) is 5.91 Å². The fourth-order valence-electron chi connectivity index (χ4n) is 6.08. The van der Waals surface area contributed by atoms with Gasteiger partial charge in [0.15, 0.2) is 0 Å². The summed E-state index contributed by atoms with van der Waals surface area (Å²) < 4.78 is 50.3. The second-order valence-corrected chi connectivity index (χ2v) is 11.2. The largest absolute Gasteiger partial charge is 0.495 e. The van der Waals surface area contributed by atoms with Gasteiger partial charge in [-0.2, -0.15) is 13.2 Å². The van der Waals surface area contributed by atoms with E-state index in [1.807, 2.05) is 30.3 Å². The van der Waals surface area contributed by atoms with Gasteiger partial charge in [-0.15, -0.1) is 0 Å². The highest BCUT2D eigenvalue weighted by atomic mass is 19.4. The first-order valence-electron chi connectivity index (χ1n) is 15.1. The Bertz CT molecular complexity index is 1630. The predicted octanol–water partition coefficient (Wildman–Crippen LogP) is 6.03. The average molecular weight is 636 g/mol. The molecule has 0 bridgehead atoms. The van der Waals surface area contributed by atoms with E-state index in [1.54, 1.807) is 44.1 Å². The minimum absolute atomic E-state index is 0.0978. The molecule has 3 aromatic rings. The number of hydrogen-bond acceptors (Lipinski definition) is 6. The van der Waals surface area contributed by atoms with Crippen LogP contribution in [-0.2, 0) is 27.0 Å². The minimum Gasteiger partial charge on any atom is -0.495 e. The summed E-state index contributed by atoms with van der Waals surface area (Å²) in [5.74, 6) is -1.01. The van der Waals surface area contributed by atoms with Gasteiger partial charge >= 0.3 is 12.1 Å². The molecule has 1 atom stereocenters. The topological polar surface area (TPSA) is 79.4 Å². The zero-order valence-electron chi connectivity index (χ0n) is 26.0. The van der Waals surface area contributed by atoms with Crippen LogP contribution in [0.1, 0.15) is 53.2 Å². The molecule has 0 N–H and O–H groups in total. The smallest absolute Gasteiger partial charge is 0.416 e. The molecule has 0 spiro atoms. The number of ether oxygens (including phenoxy) is 2. The average Bonchev–Trinajstić information content (AvgIpc) is 3.06. The number of nitrogens with zero attached hydrogens (tertiary/aromatic N) is 3. The fourth-order valence-corrected chi connectivity index (χ4v) is 6.08. The molecule has 1 saturated heterocycles. The Balaban J connectivity index is 1.33. The minimum atomic E-state index is -4.51. The van der Waals surface area contributed by atoms with Crippen LogP contribution in [-0.4, -0.2) is 67.5 Å². The number of methoxy groups -OCH3 is 1. The summed E-state index contributed by atoms with van der Waals surface area (Å²) in [4.78, 5) is 45.6. The Morgan fingerprint density at radius 2 is 1.63 bits per heavy atom. The maximum Gasteiger partial charge on any atom is 0.416 e. The highest BCUT2D eigenvalue weighted by Crippen LogP contribution is 2.39. The van der Waals surface area contributed by atoms with E-state index in [2.05, 4.69) is 4.90 Å². The van der Waals surface area contributed by atoms with E-state index >= 15 is 0 Å². The number of piperazine rings is 1. The molecule has 8 nitrogen and oxygen atoms in total. The molecular formula is C35H36F3N3O5. The standard InChI is InChI=1S/C35H36F3N3O5/c1-4-46-34(44)32-23(2)41(31(42)21-28(32)25-12-14-27(15-13-25)35(36,37)38)22-24-8-7-9-26(20-24)33(43)40-18-16-39(17-19-40)29-10-5-6-11-30(29)45-3/h5-15,20,28H,4,16-19,21-22H2,1-3H3. The number of amides is 2. The fraction of sp³-hybridized carbons (Fsp3) is 0.343. The molecule has 2 heterocycles. The van der Waals surface area contributed by atoms with E-state index in [9.17, 15) is 27.6 Å². The van der Waals surface area contributed by atoms with Gasteiger partial charge in [-0.05, 0) is 61.4 Å². The first kappa shape index (κ1) is 32.6. The van der Waals surface area contributed by atoms with Crippen molar-refractivity contribution in [3.63, 3.8) is 0 Å². The molecule has 0 radical (unpaired) electrons. The van der Waals surface area contributed by atoms with Crippen LogP contribution in [0.15, 0.2) is 84.1 Å². The number of alkyl halides is 3. The van der Waals surface area contributed by atoms with Crippen LogP contribution in [0, 0.1) is 0 Å². The summed E-state index contributed by atoms with van der Waals surface area (Å²) >= 11 is 0. The lowest BCUT2D eigenvalue weighted by molar-refractivity contribution is -0.140. The summed E-state index contributed by atoms with van der Waals surface area (Å²) in [6.07, 6.45) is -4.63. The lowest BCUT2D eigenvalue weighted by atomic mass is 9.83. The summed E-state index contributed by atoms with van der Waals surface area (Å²) in [5.41, 5.74) is 2.36. The molecule has 242 valence electrons. The highest BCUT2D eigenvalue weighted by molar-refractivity contribution is 5.96. The van der Waals surface area contributed by atoms with Gasteiger partial charge in [0.05, 0.1) is 37.1 Å². The molecule has 0 saturated carbocycles. The first-order valence-corrected chi connectivity index (χ1v) is 15.1. The van der Waals surface area contributed by atoms with Crippen molar-refractivity contribution >= 4 is 23.5 Å². The summed E-state index contributed by atoms with van der Waals surface area (Å²) in [7, 11) is 1.63. The zero-order chi connectivity index (χ0) is 33.0. The lowest BCUT2D eigenvalue weighted by Crippen LogP contribution is -2.48.